The number of carbonyl (C=O) groups is 2. The lowest BCUT2D eigenvalue weighted by atomic mass is 10.1. The van der Waals surface area contributed by atoms with Crippen LogP contribution in [0.5, 0.6) is 5.75 Å². The largest absolute Gasteiger partial charge is 0.496 e. The van der Waals surface area contributed by atoms with Crippen LogP contribution in [0.4, 0.5) is 5.69 Å². The maximum Gasteiger partial charge on any atom is 0.261 e. The molecule has 3 aromatic rings. The highest BCUT2D eigenvalue weighted by Gasteiger charge is 2.35. The fraction of sp³-hybridized carbons (Fsp3) is 0.125. The van der Waals surface area contributed by atoms with E-state index in [1.165, 1.54) is 4.90 Å². The summed E-state index contributed by atoms with van der Waals surface area (Å²) < 4.78 is 5.44. The van der Waals surface area contributed by atoms with Crippen LogP contribution in [0.25, 0.3) is 0 Å². The molecule has 150 valence electrons. The van der Waals surface area contributed by atoms with Crippen molar-refractivity contribution in [2.75, 3.05) is 12.5 Å². The second-order valence-electron chi connectivity index (χ2n) is 7.00. The Bertz CT molecular complexity index is 1120. The van der Waals surface area contributed by atoms with Crippen molar-refractivity contribution in [3.05, 3.63) is 94.5 Å². The number of hydrogen-bond donors (Lipinski definition) is 1. The number of hydrazone groups is 1. The van der Waals surface area contributed by atoms with Gasteiger partial charge in [-0.1, -0.05) is 30.3 Å². The van der Waals surface area contributed by atoms with Crippen LogP contribution in [0.15, 0.2) is 71.8 Å². The van der Waals surface area contributed by atoms with Crippen molar-refractivity contribution in [1.29, 1.82) is 0 Å². The molecule has 4 rings (SSSR count). The van der Waals surface area contributed by atoms with Crippen molar-refractivity contribution < 1.29 is 14.3 Å². The minimum atomic E-state index is -0.294. The van der Waals surface area contributed by atoms with Crippen LogP contribution in [0.2, 0.25) is 0 Å². The molecule has 0 aliphatic carbocycles. The molecular formula is C24H21N3O3. The average molecular weight is 399 g/mol. The first-order valence-electron chi connectivity index (χ1n) is 9.55. The Balaban J connectivity index is 1.55. The van der Waals surface area contributed by atoms with E-state index in [2.05, 4.69) is 10.5 Å². The summed E-state index contributed by atoms with van der Waals surface area (Å²) in [5, 5.41) is 4.30. The van der Waals surface area contributed by atoms with Gasteiger partial charge in [0, 0.05) is 5.56 Å². The second kappa shape index (κ2) is 8.21. The lowest BCUT2D eigenvalue weighted by Crippen LogP contribution is -2.29. The van der Waals surface area contributed by atoms with Crippen LogP contribution >= 0.6 is 0 Å². The number of imide groups is 1. The van der Waals surface area contributed by atoms with Crippen LogP contribution in [-0.4, -0.2) is 30.0 Å². The zero-order valence-corrected chi connectivity index (χ0v) is 16.8. The fourth-order valence-electron chi connectivity index (χ4n) is 3.43. The molecule has 3 aromatic carbocycles. The van der Waals surface area contributed by atoms with Crippen LogP contribution in [-0.2, 0) is 6.54 Å². The zero-order chi connectivity index (χ0) is 21.1. The second-order valence-corrected chi connectivity index (χ2v) is 7.00. The van der Waals surface area contributed by atoms with Gasteiger partial charge < -0.3 is 4.74 Å². The standard InChI is InChI=1S/C24H21N3O3/c1-16-7-3-6-10-21(16)26-25-14-17-11-12-22(30-2)18(13-17)15-27-23(28)19-8-4-5-9-20(19)24(27)29/h3-14,26H,15H2,1-2H3/b25-14+. The van der Waals surface area contributed by atoms with Gasteiger partial charge in [-0.25, -0.2) is 0 Å². The molecule has 0 aromatic heterocycles. The summed E-state index contributed by atoms with van der Waals surface area (Å²) >= 11 is 0. The molecule has 0 spiro atoms. The third-order valence-electron chi connectivity index (χ3n) is 5.05. The van der Waals surface area contributed by atoms with Gasteiger partial charge in [0.25, 0.3) is 11.8 Å². The number of methoxy groups -OCH3 is 1. The van der Waals surface area contributed by atoms with E-state index in [-0.39, 0.29) is 18.4 Å². The van der Waals surface area contributed by atoms with Crippen molar-refractivity contribution in [1.82, 2.24) is 4.90 Å². The third-order valence-corrected chi connectivity index (χ3v) is 5.05. The Morgan fingerprint density at radius 2 is 1.63 bits per heavy atom. The number of ether oxygens (including phenoxy) is 1. The van der Waals surface area contributed by atoms with Gasteiger partial charge in [0.1, 0.15) is 5.75 Å². The summed E-state index contributed by atoms with van der Waals surface area (Å²) in [5.41, 5.74) is 7.46. The average Bonchev–Trinajstić information content (AvgIpc) is 3.00. The molecule has 0 saturated carbocycles. The summed E-state index contributed by atoms with van der Waals surface area (Å²) in [6.07, 6.45) is 1.69. The molecule has 6 nitrogen and oxygen atoms in total. The lowest BCUT2D eigenvalue weighted by Gasteiger charge is -2.16. The van der Waals surface area contributed by atoms with Crippen LogP contribution in [0, 0.1) is 6.92 Å². The van der Waals surface area contributed by atoms with E-state index in [1.807, 2.05) is 49.4 Å². The SMILES string of the molecule is COc1ccc(/C=N/Nc2ccccc2C)cc1CN1C(=O)c2ccccc2C1=O. The first-order valence-corrected chi connectivity index (χ1v) is 9.55. The van der Waals surface area contributed by atoms with E-state index in [9.17, 15) is 9.59 Å². The summed E-state index contributed by atoms with van der Waals surface area (Å²) in [6.45, 7) is 2.13. The number of hydrogen-bond acceptors (Lipinski definition) is 5. The highest BCUT2D eigenvalue weighted by Crippen LogP contribution is 2.27. The van der Waals surface area contributed by atoms with Crippen LogP contribution in [0.1, 0.15) is 37.4 Å². The van der Waals surface area contributed by atoms with Gasteiger partial charge in [0.2, 0.25) is 0 Å². The number of carbonyl (C=O) groups excluding carboxylic acids is 2. The first-order chi connectivity index (χ1) is 14.6. The number of aryl methyl sites for hydroxylation is 1. The Morgan fingerprint density at radius 3 is 2.30 bits per heavy atom. The first kappa shape index (κ1) is 19.4. The molecule has 6 heteroatoms. The van der Waals surface area contributed by atoms with E-state index >= 15 is 0 Å². The number of para-hydroxylation sites is 1. The maximum absolute atomic E-state index is 12.7. The van der Waals surface area contributed by atoms with Gasteiger partial charge in [-0.05, 0) is 54.4 Å². The smallest absolute Gasteiger partial charge is 0.261 e. The molecule has 0 atom stereocenters. The lowest BCUT2D eigenvalue weighted by molar-refractivity contribution is 0.0641. The molecule has 1 N–H and O–H groups in total. The number of amides is 2. The van der Waals surface area contributed by atoms with Crippen molar-refractivity contribution in [2.45, 2.75) is 13.5 Å². The van der Waals surface area contributed by atoms with Gasteiger partial charge in [0.15, 0.2) is 0 Å². The maximum atomic E-state index is 12.7. The number of fused-ring (bicyclic) bond motifs is 1. The van der Waals surface area contributed by atoms with Gasteiger partial charge >= 0.3 is 0 Å². The molecule has 1 heterocycles. The molecule has 0 bridgehead atoms. The predicted molar refractivity (Wildman–Crippen MR) is 116 cm³/mol. The zero-order valence-electron chi connectivity index (χ0n) is 16.8. The summed E-state index contributed by atoms with van der Waals surface area (Å²) in [4.78, 5) is 26.6. The molecule has 0 fully saturated rings. The molecule has 0 radical (unpaired) electrons. The number of nitrogens with one attached hydrogen (secondary N) is 1. The van der Waals surface area contributed by atoms with Crippen LogP contribution < -0.4 is 10.2 Å². The van der Waals surface area contributed by atoms with E-state index in [0.29, 0.717) is 16.9 Å². The quantitative estimate of drug-likeness (QED) is 0.382. The van der Waals surface area contributed by atoms with Gasteiger partial charge in [0.05, 0.1) is 36.7 Å². The Hall–Kier alpha value is -3.93. The Kier molecular flexibility index (Phi) is 5.30. The van der Waals surface area contributed by atoms with Gasteiger partial charge in [-0.15, -0.1) is 0 Å². The van der Waals surface area contributed by atoms with Gasteiger partial charge in [-0.3, -0.25) is 19.9 Å². The summed E-state index contributed by atoms with van der Waals surface area (Å²) in [6, 6.07) is 20.3. The number of benzene rings is 3. The number of nitrogens with zero attached hydrogens (tertiary/aromatic N) is 2. The molecule has 0 unspecified atom stereocenters. The number of rotatable bonds is 6. The van der Waals surface area contributed by atoms with Gasteiger partial charge in [-0.2, -0.15) is 5.10 Å². The summed E-state index contributed by atoms with van der Waals surface area (Å²) in [5.74, 6) is 0.0199. The third kappa shape index (κ3) is 3.67. The highest BCUT2D eigenvalue weighted by atomic mass is 16.5. The Labute approximate surface area is 174 Å². The Morgan fingerprint density at radius 1 is 0.967 bits per heavy atom. The molecule has 2 amide bonds. The molecule has 1 aliphatic heterocycles. The van der Waals surface area contributed by atoms with Crippen molar-refractivity contribution in [3.8, 4) is 5.75 Å². The highest BCUT2D eigenvalue weighted by molar-refractivity contribution is 6.21. The molecule has 1 aliphatic rings. The topological polar surface area (TPSA) is 71.0 Å². The minimum absolute atomic E-state index is 0.127. The van der Waals surface area contributed by atoms with E-state index in [0.717, 1.165) is 22.4 Å². The van der Waals surface area contributed by atoms with E-state index in [1.54, 1.807) is 37.6 Å². The molecular weight excluding hydrogens is 378 g/mol. The minimum Gasteiger partial charge on any atom is -0.496 e. The van der Waals surface area contributed by atoms with Crippen molar-refractivity contribution >= 4 is 23.7 Å². The molecule has 30 heavy (non-hydrogen) atoms. The fourth-order valence-corrected chi connectivity index (χ4v) is 3.43. The van der Waals surface area contributed by atoms with E-state index < -0.39 is 0 Å². The normalized spacial score (nSPS) is 13.1. The summed E-state index contributed by atoms with van der Waals surface area (Å²) in [7, 11) is 1.56. The predicted octanol–water partition coefficient (Wildman–Crippen LogP) is 4.25. The van der Waals surface area contributed by atoms with Crippen molar-refractivity contribution in [3.63, 3.8) is 0 Å². The molecule has 0 saturated heterocycles. The van der Waals surface area contributed by atoms with E-state index in [4.69, 9.17) is 4.74 Å². The monoisotopic (exact) mass is 399 g/mol. The number of anilines is 1. The van der Waals surface area contributed by atoms with Crippen LogP contribution in [0.3, 0.4) is 0 Å². The van der Waals surface area contributed by atoms with Crippen molar-refractivity contribution in [2.24, 2.45) is 5.10 Å².